The van der Waals surface area contributed by atoms with Crippen molar-refractivity contribution in [1.29, 1.82) is 0 Å². The van der Waals surface area contributed by atoms with Crippen LogP contribution in [0.3, 0.4) is 0 Å². The second-order valence-electron chi connectivity index (χ2n) is 6.23. The lowest BCUT2D eigenvalue weighted by molar-refractivity contribution is 0.0600. The predicted molar refractivity (Wildman–Crippen MR) is 103 cm³/mol. The summed E-state index contributed by atoms with van der Waals surface area (Å²) in [6.07, 6.45) is 3.70. The second kappa shape index (κ2) is 8.23. The molecule has 1 saturated heterocycles. The first-order valence-corrected chi connectivity index (χ1v) is 9.00. The summed E-state index contributed by atoms with van der Waals surface area (Å²) in [4.78, 5) is 26.5. The maximum Gasteiger partial charge on any atom is 0.339 e. The molecule has 0 spiro atoms. The van der Waals surface area contributed by atoms with Gasteiger partial charge < -0.3 is 15.0 Å². The highest BCUT2D eigenvalue weighted by Crippen LogP contribution is 2.23. The number of hydrogen-bond donors (Lipinski definition) is 1. The number of piperidine rings is 1. The quantitative estimate of drug-likeness (QED) is 0.809. The van der Waals surface area contributed by atoms with E-state index >= 15 is 0 Å². The molecule has 6 heteroatoms. The van der Waals surface area contributed by atoms with E-state index in [2.05, 4.69) is 10.2 Å². The highest BCUT2D eigenvalue weighted by atomic mass is 35.5. The van der Waals surface area contributed by atoms with E-state index in [1.807, 2.05) is 24.3 Å². The molecular weight excluding hydrogens is 352 g/mol. The van der Waals surface area contributed by atoms with Gasteiger partial charge in [-0.25, -0.2) is 4.79 Å². The van der Waals surface area contributed by atoms with Gasteiger partial charge in [0.25, 0.3) is 5.91 Å². The lowest BCUT2D eigenvalue weighted by atomic mass is 10.1. The Bertz CT molecular complexity index is 799. The molecule has 1 fully saturated rings. The van der Waals surface area contributed by atoms with Gasteiger partial charge >= 0.3 is 5.97 Å². The number of ether oxygens (including phenoxy) is 1. The van der Waals surface area contributed by atoms with Crippen LogP contribution in [-0.2, 0) is 4.74 Å². The molecule has 136 valence electrons. The van der Waals surface area contributed by atoms with Gasteiger partial charge in [-0.1, -0.05) is 11.6 Å². The van der Waals surface area contributed by atoms with E-state index in [1.54, 1.807) is 12.1 Å². The van der Waals surface area contributed by atoms with E-state index in [4.69, 9.17) is 16.3 Å². The van der Waals surface area contributed by atoms with Crippen LogP contribution in [0, 0.1) is 0 Å². The van der Waals surface area contributed by atoms with Gasteiger partial charge in [0.2, 0.25) is 0 Å². The summed E-state index contributed by atoms with van der Waals surface area (Å²) in [5.74, 6) is -0.787. The number of amides is 1. The molecule has 0 aromatic heterocycles. The zero-order valence-electron chi connectivity index (χ0n) is 14.6. The zero-order chi connectivity index (χ0) is 18.5. The minimum absolute atomic E-state index is 0.215. The van der Waals surface area contributed by atoms with Crippen LogP contribution in [0.25, 0.3) is 0 Å². The Labute approximate surface area is 157 Å². The standard InChI is InChI=1S/C20H21ClN2O3/c1-26-20(25)17-13-15(7-10-18(17)21)22-19(24)14-5-8-16(9-6-14)23-11-3-2-4-12-23/h5-10,13H,2-4,11-12H2,1H3,(H,22,24). The van der Waals surface area contributed by atoms with Crippen molar-refractivity contribution in [2.75, 3.05) is 30.4 Å². The van der Waals surface area contributed by atoms with Gasteiger partial charge in [-0.15, -0.1) is 0 Å². The monoisotopic (exact) mass is 372 g/mol. The summed E-state index contributed by atoms with van der Waals surface area (Å²) in [7, 11) is 1.29. The van der Waals surface area contributed by atoms with E-state index in [-0.39, 0.29) is 16.5 Å². The summed E-state index contributed by atoms with van der Waals surface area (Å²) >= 11 is 6.00. The predicted octanol–water partition coefficient (Wildman–Crippen LogP) is 4.37. The minimum Gasteiger partial charge on any atom is -0.465 e. The number of benzene rings is 2. The molecule has 1 aliphatic rings. The number of anilines is 2. The van der Waals surface area contributed by atoms with Crippen LogP contribution in [0.4, 0.5) is 11.4 Å². The van der Waals surface area contributed by atoms with E-state index in [0.29, 0.717) is 11.3 Å². The molecule has 2 aromatic rings. The van der Waals surface area contributed by atoms with Crippen LogP contribution in [0.1, 0.15) is 40.0 Å². The first kappa shape index (κ1) is 18.3. The summed E-state index contributed by atoms with van der Waals surface area (Å²) in [5, 5.41) is 3.06. The first-order chi connectivity index (χ1) is 12.6. The molecule has 3 rings (SSSR count). The van der Waals surface area contributed by atoms with Gasteiger partial charge in [-0.05, 0) is 61.7 Å². The van der Waals surface area contributed by atoms with Crippen molar-refractivity contribution in [3.8, 4) is 0 Å². The molecule has 0 aliphatic carbocycles. The van der Waals surface area contributed by atoms with Crippen molar-refractivity contribution >= 4 is 34.9 Å². The van der Waals surface area contributed by atoms with Gasteiger partial charge in [-0.3, -0.25) is 4.79 Å². The lowest BCUT2D eigenvalue weighted by Crippen LogP contribution is -2.29. The van der Waals surface area contributed by atoms with Crippen LogP contribution in [-0.4, -0.2) is 32.1 Å². The van der Waals surface area contributed by atoms with Gasteiger partial charge in [0, 0.05) is 30.0 Å². The Kier molecular flexibility index (Phi) is 5.78. The van der Waals surface area contributed by atoms with Gasteiger partial charge in [-0.2, -0.15) is 0 Å². The number of methoxy groups -OCH3 is 1. The Morgan fingerprint density at radius 1 is 1.04 bits per heavy atom. The molecule has 1 amide bonds. The van der Waals surface area contributed by atoms with Crippen LogP contribution < -0.4 is 10.2 Å². The molecule has 26 heavy (non-hydrogen) atoms. The van der Waals surface area contributed by atoms with E-state index < -0.39 is 5.97 Å². The number of nitrogens with one attached hydrogen (secondary N) is 1. The molecule has 0 unspecified atom stereocenters. The van der Waals surface area contributed by atoms with Crippen LogP contribution in [0.2, 0.25) is 5.02 Å². The molecule has 0 bridgehead atoms. The van der Waals surface area contributed by atoms with Gasteiger partial charge in [0.15, 0.2) is 0 Å². The van der Waals surface area contributed by atoms with Crippen molar-refractivity contribution in [3.63, 3.8) is 0 Å². The van der Waals surface area contributed by atoms with E-state index in [9.17, 15) is 9.59 Å². The third kappa shape index (κ3) is 4.17. The topological polar surface area (TPSA) is 58.6 Å². The van der Waals surface area contributed by atoms with Gasteiger partial charge in [0.1, 0.15) is 0 Å². The molecular formula is C20H21ClN2O3. The maximum absolute atomic E-state index is 12.5. The van der Waals surface area contributed by atoms with Crippen molar-refractivity contribution < 1.29 is 14.3 Å². The van der Waals surface area contributed by atoms with Crippen LogP contribution in [0.15, 0.2) is 42.5 Å². The van der Waals surface area contributed by atoms with Crippen LogP contribution in [0.5, 0.6) is 0 Å². The number of hydrogen-bond acceptors (Lipinski definition) is 4. The van der Waals surface area contributed by atoms with E-state index in [0.717, 1.165) is 18.8 Å². The molecule has 2 aromatic carbocycles. The van der Waals surface area contributed by atoms with Crippen molar-refractivity contribution in [2.24, 2.45) is 0 Å². The third-order valence-corrected chi connectivity index (χ3v) is 4.81. The summed E-state index contributed by atoms with van der Waals surface area (Å²) in [6, 6.07) is 12.3. The normalized spacial score (nSPS) is 14.0. The van der Waals surface area contributed by atoms with Crippen molar-refractivity contribution in [3.05, 3.63) is 58.6 Å². The number of carbonyl (C=O) groups excluding carboxylic acids is 2. The number of nitrogens with zero attached hydrogens (tertiary/aromatic N) is 1. The zero-order valence-corrected chi connectivity index (χ0v) is 15.4. The third-order valence-electron chi connectivity index (χ3n) is 4.48. The molecule has 1 N–H and O–H groups in total. The Hall–Kier alpha value is -2.53. The SMILES string of the molecule is COC(=O)c1cc(NC(=O)c2ccc(N3CCCCC3)cc2)ccc1Cl. The fraction of sp³-hybridized carbons (Fsp3) is 0.300. The number of esters is 1. The van der Waals surface area contributed by atoms with Crippen LogP contribution >= 0.6 is 11.6 Å². The average Bonchev–Trinajstić information content (AvgIpc) is 2.69. The summed E-state index contributed by atoms with van der Waals surface area (Å²) in [5.41, 5.74) is 2.40. The smallest absolute Gasteiger partial charge is 0.339 e. The molecule has 1 aliphatic heterocycles. The Balaban J connectivity index is 1.71. The average molecular weight is 373 g/mol. The number of rotatable bonds is 4. The minimum atomic E-state index is -0.544. The lowest BCUT2D eigenvalue weighted by Gasteiger charge is -2.28. The maximum atomic E-state index is 12.5. The fourth-order valence-corrected chi connectivity index (χ4v) is 3.24. The molecule has 5 nitrogen and oxygen atoms in total. The Morgan fingerprint density at radius 2 is 1.73 bits per heavy atom. The second-order valence-corrected chi connectivity index (χ2v) is 6.64. The van der Waals surface area contributed by atoms with E-state index in [1.165, 1.54) is 32.4 Å². The molecule has 0 atom stereocenters. The molecule has 1 heterocycles. The van der Waals surface area contributed by atoms with Crippen molar-refractivity contribution in [1.82, 2.24) is 0 Å². The molecule has 0 radical (unpaired) electrons. The number of halogens is 1. The number of carbonyl (C=O) groups is 2. The Morgan fingerprint density at radius 3 is 2.38 bits per heavy atom. The van der Waals surface area contributed by atoms with Gasteiger partial charge in [0.05, 0.1) is 17.7 Å². The highest BCUT2D eigenvalue weighted by Gasteiger charge is 2.14. The first-order valence-electron chi connectivity index (χ1n) is 8.63. The summed E-state index contributed by atoms with van der Waals surface area (Å²) < 4.78 is 4.69. The fourth-order valence-electron chi connectivity index (χ4n) is 3.05. The largest absolute Gasteiger partial charge is 0.465 e. The summed E-state index contributed by atoms with van der Waals surface area (Å²) in [6.45, 7) is 2.12. The molecule has 0 saturated carbocycles. The highest BCUT2D eigenvalue weighted by molar-refractivity contribution is 6.33. The van der Waals surface area contributed by atoms with Crippen molar-refractivity contribution in [2.45, 2.75) is 19.3 Å².